The quantitative estimate of drug-likeness (QED) is 0.724. The molecular formula is C19H17ClN2OS. The maximum Gasteiger partial charge on any atom is 0.226 e. The van der Waals surface area contributed by atoms with Crippen molar-refractivity contribution in [3.8, 4) is 10.6 Å². The molecule has 2 aromatic carbocycles. The Morgan fingerprint density at radius 1 is 1.21 bits per heavy atom. The molecular weight excluding hydrogens is 340 g/mol. The smallest absolute Gasteiger partial charge is 0.226 e. The largest absolute Gasteiger partial charge is 0.352 e. The second kappa shape index (κ2) is 7.60. The molecule has 0 atom stereocenters. The Labute approximate surface area is 150 Å². The summed E-state index contributed by atoms with van der Waals surface area (Å²) in [5.74, 6) is -0.0456. The Morgan fingerprint density at radius 2 is 2.00 bits per heavy atom. The molecule has 3 nitrogen and oxygen atoms in total. The average Bonchev–Trinajstić information content (AvgIpc) is 3.02. The van der Waals surface area contributed by atoms with Crippen LogP contribution in [0.25, 0.3) is 10.6 Å². The van der Waals surface area contributed by atoms with Crippen molar-refractivity contribution in [2.45, 2.75) is 19.9 Å². The van der Waals surface area contributed by atoms with E-state index >= 15 is 0 Å². The molecule has 1 aromatic heterocycles. The maximum absolute atomic E-state index is 12.1. The average molecular weight is 357 g/mol. The summed E-state index contributed by atoms with van der Waals surface area (Å²) in [5.41, 5.74) is 4.07. The van der Waals surface area contributed by atoms with Gasteiger partial charge in [-0.15, -0.1) is 11.3 Å². The van der Waals surface area contributed by atoms with Crippen LogP contribution in [-0.4, -0.2) is 10.9 Å². The van der Waals surface area contributed by atoms with Gasteiger partial charge in [0.2, 0.25) is 5.91 Å². The van der Waals surface area contributed by atoms with Crippen LogP contribution in [0.1, 0.15) is 16.8 Å². The van der Waals surface area contributed by atoms with Crippen molar-refractivity contribution in [1.82, 2.24) is 10.3 Å². The van der Waals surface area contributed by atoms with E-state index in [1.54, 1.807) is 11.3 Å². The van der Waals surface area contributed by atoms with Gasteiger partial charge in [0.15, 0.2) is 0 Å². The summed E-state index contributed by atoms with van der Waals surface area (Å²) < 4.78 is 0. The van der Waals surface area contributed by atoms with E-state index in [1.807, 2.05) is 29.6 Å². The minimum atomic E-state index is -0.0456. The van der Waals surface area contributed by atoms with E-state index in [-0.39, 0.29) is 12.3 Å². The highest BCUT2D eigenvalue weighted by Gasteiger charge is 2.09. The number of hydrogen-bond donors (Lipinski definition) is 1. The molecule has 3 rings (SSSR count). The van der Waals surface area contributed by atoms with Gasteiger partial charge in [0.05, 0.1) is 12.1 Å². The summed E-state index contributed by atoms with van der Waals surface area (Å²) in [6.07, 6.45) is 0.281. The number of nitrogens with zero attached hydrogens (tertiary/aromatic N) is 1. The second-order valence-corrected chi connectivity index (χ2v) is 6.89. The molecule has 122 valence electrons. The Morgan fingerprint density at radius 3 is 2.75 bits per heavy atom. The molecule has 1 amide bonds. The first kappa shape index (κ1) is 16.7. The SMILES string of the molecule is Cc1ccc(-c2nc(CC(=O)NCc3cccc(Cl)c3)cs2)cc1. The van der Waals surface area contributed by atoms with E-state index in [0.717, 1.165) is 21.8 Å². The van der Waals surface area contributed by atoms with Crippen LogP contribution < -0.4 is 5.32 Å². The number of amides is 1. The van der Waals surface area contributed by atoms with Crippen molar-refractivity contribution in [2.24, 2.45) is 0 Å². The lowest BCUT2D eigenvalue weighted by atomic mass is 10.2. The van der Waals surface area contributed by atoms with Gasteiger partial charge in [-0.25, -0.2) is 4.98 Å². The zero-order chi connectivity index (χ0) is 16.9. The first-order valence-electron chi connectivity index (χ1n) is 7.63. The zero-order valence-electron chi connectivity index (χ0n) is 13.3. The van der Waals surface area contributed by atoms with Crippen molar-refractivity contribution in [3.63, 3.8) is 0 Å². The highest BCUT2D eigenvalue weighted by Crippen LogP contribution is 2.24. The predicted molar refractivity (Wildman–Crippen MR) is 99.3 cm³/mol. The van der Waals surface area contributed by atoms with Crippen LogP contribution in [0, 0.1) is 6.92 Å². The van der Waals surface area contributed by atoms with Crippen molar-refractivity contribution in [1.29, 1.82) is 0 Å². The molecule has 0 unspecified atom stereocenters. The summed E-state index contributed by atoms with van der Waals surface area (Å²) in [5, 5.41) is 6.44. The van der Waals surface area contributed by atoms with E-state index in [2.05, 4.69) is 41.5 Å². The van der Waals surface area contributed by atoms with Crippen molar-refractivity contribution >= 4 is 28.8 Å². The van der Waals surface area contributed by atoms with Crippen molar-refractivity contribution in [3.05, 3.63) is 75.8 Å². The number of thiazole rings is 1. The normalized spacial score (nSPS) is 10.6. The number of nitrogens with one attached hydrogen (secondary N) is 1. The number of hydrogen-bond acceptors (Lipinski definition) is 3. The molecule has 0 aliphatic heterocycles. The number of aromatic nitrogens is 1. The Bertz CT molecular complexity index is 843. The fourth-order valence-electron chi connectivity index (χ4n) is 2.29. The van der Waals surface area contributed by atoms with Crippen LogP contribution in [-0.2, 0) is 17.8 Å². The number of benzene rings is 2. The minimum Gasteiger partial charge on any atom is -0.352 e. The summed E-state index contributed by atoms with van der Waals surface area (Å²) in [6.45, 7) is 2.52. The summed E-state index contributed by atoms with van der Waals surface area (Å²) >= 11 is 7.50. The summed E-state index contributed by atoms with van der Waals surface area (Å²) in [6, 6.07) is 15.7. The molecule has 1 N–H and O–H groups in total. The first-order chi connectivity index (χ1) is 11.6. The molecule has 0 aliphatic carbocycles. The molecule has 0 saturated heterocycles. The molecule has 5 heteroatoms. The molecule has 0 spiro atoms. The van der Waals surface area contributed by atoms with Crippen LogP contribution in [0.2, 0.25) is 5.02 Å². The van der Waals surface area contributed by atoms with Gasteiger partial charge in [0.1, 0.15) is 5.01 Å². The number of carbonyl (C=O) groups is 1. The molecule has 1 heterocycles. The monoisotopic (exact) mass is 356 g/mol. The Kier molecular flexibility index (Phi) is 5.28. The van der Waals surface area contributed by atoms with Gasteiger partial charge in [-0.05, 0) is 24.6 Å². The van der Waals surface area contributed by atoms with E-state index < -0.39 is 0 Å². The Hall–Kier alpha value is -2.17. The lowest BCUT2D eigenvalue weighted by Gasteiger charge is -2.04. The second-order valence-electron chi connectivity index (χ2n) is 5.59. The fraction of sp³-hybridized carbons (Fsp3) is 0.158. The van der Waals surface area contributed by atoms with Gasteiger partial charge in [0.25, 0.3) is 0 Å². The molecule has 3 aromatic rings. The highest BCUT2D eigenvalue weighted by atomic mass is 35.5. The number of halogens is 1. The summed E-state index contributed by atoms with van der Waals surface area (Å²) in [7, 11) is 0. The maximum atomic E-state index is 12.1. The standard InChI is InChI=1S/C19H17ClN2OS/c1-13-5-7-15(8-6-13)19-22-17(12-24-19)10-18(23)21-11-14-3-2-4-16(20)9-14/h2-9,12H,10-11H2,1H3,(H,21,23). The van der Waals surface area contributed by atoms with E-state index in [0.29, 0.717) is 11.6 Å². The van der Waals surface area contributed by atoms with Gasteiger partial charge in [-0.2, -0.15) is 0 Å². The third-order valence-corrected chi connectivity index (χ3v) is 4.75. The van der Waals surface area contributed by atoms with E-state index in [4.69, 9.17) is 11.6 Å². The van der Waals surface area contributed by atoms with Gasteiger partial charge in [0, 0.05) is 22.5 Å². The molecule has 24 heavy (non-hydrogen) atoms. The van der Waals surface area contributed by atoms with Crippen LogP contribution in [0.5, 0.6) is 0 Å². The van der Waals surface area contributed by atoms with Crippen LogP contribution in [0.3, 0.4) is 0 Å². The van der Waals surface area contributed by atoms with E-state index in [9.17, 15) is 4.79 Å². The fourth-order valence-corrected chi connectivity index (χ4v) is 3.33. The van der Waals surface area contributed by atoms with Gasteiger partial charge >= 0.3 is 0 Å². The van der Waals surface area contributed by atoms with Crippen molar-refractivity contribution < 1.29 is 4.79 Å². The lowest BCUT2D eigenvalue weighted by Crippen LogP contribution is -2.24. The Balaban J connectivity index is 1.58. The first-order valence-corrected chi connectivity index (χ1v) is 8.88. The van der Waals surface area contributed by atoms with Gasteiger partial charge in [-0.3, -0.25) is 4.79 Å². The minimum absolute atomic E-state index is 0.0456. The number of rotatable bonds is 5. The molecule has 0 aliphatic rings. The van der Waals surface area contributed by atoms with Crippen LogP contribution in [0.4, 0.5) is 0 Å². The topological polar surface area (TPSA) is 42.0 Å². The molecule has 0 bridgehead atoms. The van der Waals surface area contributed by atoms with Gasteiger partial charge < -0.3 is 5.32 Å². The number of aryl methyl sites for hydroxylation is 1. The van der Waals surface area contributed by atoms with E-state index in [1.165, 1.54) is 5.56 Å². The number of carbonyl (C=O) groups excluding carboxylic acids is 1. The predicted octanol–water partition coefficient (Wildman–Crippen LogP) is 4.63. The van der Waals surface area contributed by atoms with Gasteiger partial charge in [-0.1, -0.05) is 53.6 Å². The molecule has 0 fully saturated rings. The zero-order valence-corrected chi connectivity index (χ0v) is 14.8. The molecule has 0 radical (unpaired) electrons. The third kappa shape index (κ3) is 4.43. The van der Waals surface area contributed by atoms with Crippen LogP contribution in [0.15, 0.2) is 53.9 Å². The molecule has 0 saturated carbocycles. The highest BCUT2D eigenvalue weighted by molar-refractivity contribution is 7.13. The lowest BCUT2D eigenvalue weighted by molar-refractivity contribution is -0.120. The third-order valence-electron chi connectivity index (χ3n) is 3.57. The summed E-state index contributed by atoms with van der Waals surface area (Å²) in [4.78, 5) is 16.6. The van der Waals surface area contributed by atoms with Crippen LogP contribution >= 0.6 is 22.9 Å². The van der Waals surface area contributed by atoms with Crippen molar-refractivity contribution in [2.75, 3.05) is 0 Å².